The summed E-state index contributed by atoms with van der Waals surface area (Å²) >= 11 is 0. The molecule has 4 bridgehead atoms. The fraction of sp³-hybridized carbons (Fsp3) is 1.00. The fourth-order valence-electron chi connectivity index (χ4n) is 4.97. The van der Waals surface area contributed by atoms with Crippen molar-refractivity contribution in [2.45, 2.75) is 52.1 Å². The Labute approximate surface area is 93.3 Å². The lowest BCUT2D eigenvalue weighted by Crippen LogP contribution is -2.50. The van der Waals surface area contributed by atoms with Crippen LogP contribution in [0.25, 0.3) is 0 Å². The number of hydrogen-bond acceptors (Lipinski definition) is 1. The Morgan fingerprint density at radius 3 is 1.73 bits per heavy atom. The van der Waals surface area contributed by atoms with Crippen LogP contribution in [-0.4, -0.2) is 11.2 Å². The normalized spacial score (nSPS) is 50.0. The van der Waals surface area contributed by atoms with E-state index in [1.807, 2.05) is 0 Å². The molecule has 0 aromatic rings. The van der Waals surface area contributed by atoms with E-state index in [2.05, 4.69) is 13.8 Å². The predicted octanol–water partition coefficient (Wildman–Crippen LogP) is 3.08. The van der Waals surface area contributed by atoms with Gasteiger partial charge in [0.2, 0.25) is 0 Å². The number of hydrogen-bond donors (Lipinski definition) is 1. The van der Waals surface area contributed by atoms with Gasteiger partial charge in [-0.2, -0.15) is 0 Å². The highest BCUT2D eigenvalue weighted by atomic mass is 16.3. The van der Waals surface area contributed by atoms with Gasteiger partial charge in [-0.1, -0.05) is 13.8 Å². The minimum atomic E-state index is -0.0278. The maximum Gasteiger partial charge on any atom is 0.0596 e. The van der Waals surface area contributed by atoms with Gasteiger partial charge in [-0.25, -0.2) is 0 Å². The maximum atomic E-state index is 10.4. The van der Waals surface area contributed by atoms with Crippen LogP contribution < -0.4 is 0 Å². The summed E-state index contributed by atoms with van der Waals surface area (Å²) in [5, 5.41) is 10.4. The van der Waals surface area contributed by atoms with Crippen LogP contribution >= 0.6 is 0 Å². The van der Waals surface area contributed by atoms with Crippen LogP contribution in [0.4, 0.5) is 0 Å². The molecule has 0 aliphatic heterocycles. The average Bonchev–Trinajstić information content (AvgIpc) is 2.15. The first kappa shape index (κ1) is 10.1. The molecule has 1 heteroatoms. The highest BCUT2D eigenvalue weighted by Crippen LogP contribution is 2.57. The van der Waals surface area contributed by atoms with Crippen molar-refractivity contribution < 1.29 is 5.11 Å². The molecule has 1 nitrogen and oxygen atoms in total. The van der Waals surface area contributed by atoms with Gasteiger partial charge in [-0.05, 0) is 67.6 Å². The van der Waals surface area contributed by atoms with Gasteiger partial charge < -0.3 is 5.11 Å². The Hall–Kier alpha value is -0.0400. The van der Waals surface area contributed by atoms with Gasteiger partial charge in [0.25, 0.3) is 0 Å². The molecular weight excluding hydrogens is 184 g/mol. The minimum Gasteiger partial charge on any atom is -0.393 e. The van der Waals surface area contributed by atoms with Crippen LogP contribution in [0.1, 0.15) is 46.0 Å². The molecule has 0 radical (unpaired) electrons. The van der Waals surface area contributed by atoms with Crippen LogP contribution in [-0.2, 0) is 0 Å². The molecule has 4 fully saturated rings. The summed E-state index contributed by atoms with van der Waals surface area (Å²) in [6.45, 7) is 4.35. The summed E-state index contributed by atoms with van der Waals surface area (Å²) in [6.07, 6.45) is 7.21. The lowest BCUT2D eigenvalue weighted by molar-refractivity contribution is -0.101. The molecule has 1 N–H and O–H groups in total. The topological polar surface area (TPSA) is 20.2 Å². The third-order valence-electron chi connectivity index (χ3n) is 5.38. The highest BCUT2D eigenvalue weighted by Gasteiger charge is 2.50. The van der Waals surface area contributed by atoms with Crippen molar-refractivity contribution >= 4 is 0 Å². The minimum absolute atomic E-state index is 0.0278. The second kappa shape index (κ2) is 3.48. The number of aliphatic hydroxyl groups is 1. The van der Waals surface area contributed by atoms with Gasteiger partial charge in [0.05, 0.1) is 6.10 Å². The van der Waals surface area contributed by atoms with Crippen LogP contribution in [0.3, 0.4) is 0 Å². The number of rotatable bonds is 2. The van der Waals surface area contributed by atoms with Crippen molar-refractivity contribution in [1.82, 2.24) is 0 Å². The lowest BCUT2D eigenvalue weighted by Gasteiger charge is -2.56. The van der Waals surface area contributed by atoms with E-state index >= 15 is 0 Å². The molecule has 0 aromatic carbocycles. The van der Waals surface area contributed by atoms with Crippen molar-refractivity contribution in [3.05, 3.63) is 0 Å². The van der Waals surface area contributed by atoms with Gasteiger partial charge in [-0.15, -0.1) is 0 Å². The van der Waals surface area contributed by atoms with E-state index in [0.29, 0.717) is 11.8 Å². The van der Waals surface area contributed by atoms with Gasteiger partial charge >= 0.3 is 0 Å². The molecule has 0 saturated heterocycles. The summed E-state index contributed by atoms with van der Waals surface area (Å²) < 4.78 is 0. The van der Waals surface area contributed by atoms with Crippen LogP contribution in [0.5, 0.6) is 0 Å². The van der Waals surface area contributed by atoms with Crippen LogP contribution in [0, 0.1) is 35.5 Å². The van der Waals surface area contributed by atoms with Crippen molar-refractivity contribution in [3.8, 4) is 0 Å². The third-order valence-corrected chi connectivity index (χ3v) is 5.38. The second-order valence-electron chi connectivity index (χ2n) is 6.74. The Morgan fingerprint density at radius 1 is 0.867 bits per heavy atom. The van der Waals surface area contributed by atoms with Crippen LogP contribution in [0.2, 0.25) is 0 Å². The molecule has 86 valence electrons. The molecule has 0 heterocycles. The first-order valence-electron chi connectivity index (χ1n) is 6.83. The van der Waals surface area contributed by atoms with Gasteiger partial charge in [-0.3, -0.25) is 0 Å². The van der Waals surface area contributed by atoms with E-state index in [1.54, 1.807) is 0 Å². The maximum absolute atomic E-state index is 10.4. The summed E-state index contributed by atoms with van der Waals surface area (Å²) in [6, 6.07) is 0. The molecule has 4 saturated carbocycles. The molecular formula is C14H24O. The predicted molar refractivity (Wildman–Crippen MR) is 61.4 cm³/mol. The summed E-state index contributed by atoms with van der Waals surface area (Å²) in [4.78, 5) is 0. The van der Waals surface area contributed by atoms with Gasteiger partial charge in [0, 0.05) is 0 Å². The van der Waals surface area contributed by atoms with E-state index in [0.717, 1.165) is 23.7 Å². The van der Waals surface area contributed by atoms with Crippen LogP contribution in [0.15, 0.2) is 0 Å². The monoisotopic (exact) mass is 208 g/mol. The van der Waals surface area contributed by atoms with Gasteiger partial charge in [0.1, 0.15) is 0 Å². The Morgan fingerprint density at radius 2 is 1.33 bits per heavy atom. The van der Waals surface area contributed by atoms with Crippen molar-refractivity contribution in [3.63, 3.8) is 0 Å². The van der Waals surface area contributed by atoms with E-state index in [4.69, 9.17) is 0 Å². The quantitative estimate of drug-likeness (QED) is 0.739. The molecule has 0 amide bonds. The molecule has 4 aliphatic carbocycles. The lowest BCUT2D eigenvalue weighted by atomic mass is 9.50. The molecule has 1 atom stereocenters. The van der Waals surface area contributed by atoms with E-state index in [-0.39, 0.29) is 6.10 Å². The van der Waals surface area contributed by atoms with Gasteiger partial charge in [0.15, 0.2) is 0 Å². The highest BCUT2D eigenvalue weighted by molar-refractivity contribution is 5.00. The zero-order valence-corrected chi connectivity index (χ0v) is 10.0. The molecule has 0 aromatic heterocycles. The molecule has 4 aliphatic rings. The zero-order chi connectivity index (χ0) is 10.6. The van der Waals surface area contributed by atoms with Crippen molar-refractivity contribution in [2.24, 2.45) is 35.5 Å². The SMILES string of the molecule is CC(C)C(O)C1C2CC3CC(C2)CC1C3. The summed E-state index contributed by atoms with van der Waals surface area (Å²) in [5.74, 6) is 4.91. The first-order chi connectivity index (χ1) is 7.15. The first-order valence-corrected chi connectivity index (χ1v) is 6.83. The van der Waals surface area contributed by atoms with E-state index in [9.17, 15) is 5.11 Å². The van der Waals surface area contributed by atoms with E-state index < -0.39 is 0 Å². The van der Waals surface area contributed by atoms with Crippen molar-refractivity contribution in [1.29, 1.82) is 0 Å². The average molecular weight is 208 g/mol. The Kier molecular flexibility index (Phi) is 2.35. The Balaban J connectivity index is 1.80. The summed E-state index contributed by atoms with van der Waals surface area (Å²) in [5.41, 5.74) is 0. The fourth-order valence-corrected chi connectivity index (χ4v) is 4.97. The smallest absolute Gasteiger partial charge is 0.0596 e. The third kappa shape index (κ3) is 1.54. The largest absolute Gasteiger partial charge is 0.393 e. The van der Waals surface area contributed by atoms with Crippen molar-refractivity contribution in [2.75, 3.05) is 0 Å². The Bertz CT molecular complexity index is 218. The molecule has 15 heavy (non-hydrogen) atoms. The molecule has 1 unspecified atom stereocenters. The standard InChI is InChI=1S/C14H24O/c1-8(2)14(15)13-11-4-9-3-10(6-11)7-12(13)5-9/h8-15H,3-7H2,1-2H3. The van der Waals surface area contributed by atoms with E-state index in [1.165, 1.54) is 32.1 Å². The molecule has 0 spiro atoms. The zero-order valence-electron chi connectivity index (χ0n) is 10.0. The number of aliphatic hydroxyl groups excluding tert-OH is 1. The summed E-state index contributed by atoms with van der Waals surface area (Å²) in [7, 11) is 0. The second-order valence-corrected chi connectivity index (χ2v) is 6.74. The molecule has 4 rings (SSSR count).